The van der Waals surface area contributed by atoms with Crippen LogP contribution < -0.4 is 15.1 Å². The number of carbonyl (C=O) groups excluding carboxylic acids is 1. The quantitative estimate of drug-likeness (QED) is 0.907. The van der Waals surface area contributed by atoms with Crippen LogP contribution in [0.2, 0.25) is 0 Å². The molecular weight excluding hydrogens is 324 g/mol. The molecule has 1 N–H and O–H groups in total. The molecule has 3 rings (SSSR count). The van der Waals surface area contributed by atoms with Gasteiger partial charge in [0, 0.05) is 49.3 Å². The Hall–Kier alpha value is -2.53. The summed E-state index contributed by atoms with van der Waals surface area (Å²) < 4.78 is 0. The van der Waals surface area contributed by atoms with Crippen molar-refractivity contribution in [1.82, 2.24) is 4.90 Å². The van der Waals surface area contributed by atoms with Crippen LogP contribution in [0.5, 0.6) is 0 Å². The summed E-state index contributed by atoms with van der Waals surface area (Å²) in [6, 6.07) is 17.8. The number of benzene rings is 2. The number of nitrogens with one attached hydrogen (secondary N) is 1. The number of piperazine rings is 1. The Kier molecular flexibility index (Phi) is 5.78. The van der Waals surface area contributed by atoms with Crippen molar-refractivity contribution >= 4 is 23.1 Å². The Balaban J connectivity index is 1.79. The van der Waals surface area contributed by atoms with E-state index < -0.39 is 0 Å². The van der Waals surface area contributed by atoms with Gasteiger partial charge in [-0.05, 0) is 51.2 Å². The predicted molar refractivity (Wildman–Crippen MR) is 109 cm³/mol. The molecule has 2 aromatic rings. The average Bonchev–Trinajstić information content (AvgIpc) is 2.63. The fourth-order valence-corrected chi connectivity index (χ4v) is 3.26. The van der Waals surface area contributed by atoms with E-state index in [2.05, 4.69) is 34.3 Å². The van der Waals surface area contributed by atoms with Crippen LogP contribution in [0.4, 0.5) is 21.9 Å². The number of hydrogen-bond donors (Lipinski definition) is 1. The van der Waals surface area contributed by atoms with Gasteiger partial charge in [-0.2, -0.15) is 0 Å². The summed E-state index contributed by atoms with van der Waals surface area (Å²) in [5.74, 6) is 0. The minimum absolute atomic E-state index is 0.0569. The van der Waals surface area contributed by atoms with E-state index in [0.717, 1.165) is 37.6 Å². The molecule has 2 aromatic carbocycles. The van der Waals surface area contributed by atoms with Crippen molar-refractivity contribution in [2.45, 2.75) is 19.9 Å². The van der Waals surface area contributed by atoms with Crippen LogP contribution in [-0.4, -0.2) is 50.2 Å². The highest BCUT2D eigenvalue weighted by atomic mass is 16.2. The minimum Gasteiger partial charge on any atom is -0.369 e. The number of amides is 2. The molecule has 0 radical (unpaired) electrons. The van der Waals surface area contributed by atoms with Crippen LogP contribution in [0.3, 0.4) is 0 Å². The van der Waals surface area contributed by atoms with Gasteiger partial charge in [-0.15, -0.1) is 0 Å². The maximum Gasteiger partial charge on any atom is 0.326 e. The molecule has 5 nitrogen and oxygen atoms in total. The van der Waals surface area contributed by atoms with E-state index in [1.807, 2.05) is 61.2 Å². The Morgan fingerprint density at radius 3 is 2.35 bits per heavy atom. The monoisotopic (exact) mass is 352 g/mol. The van der Waals surface area contributed by atoms with Crippen LogP contribution in [0.25, 0.3) is 0 Å². The van der Waals surface area contributed by atoms with Gasteiger partial charge in [-0.3, -0.25) is 4.90 Å². The van der Waals surface area contributed by atoms with E-state index in [0.29, 0.717) is 0 Å². The molecular formula is C21H28N4O. The zero-order chi connectivity index (χ0) is 18.5. The second kappa shape index (κ2) is 8.23. The molecule has 0 unspecified atom stereocenters. The molecule has 0 bridgehead atoms. The lowest BCUT2D eigenvalue weighted by atomic mass is 10.2. The maximum absolute atomic E-state index is 12.9. The molecule has 26 heavy (non-hydrogen) atoms. The first kappa shape index (κ1) is 18.3. The summed E-state index contributed by atoms with van der Waals surface area (Å²) in [7, 11) is 2.15. The maximum atomic E-state index is 12.9. The number of likely N-dealkylation sites (N-methyl/N-ethyl adjacent to an activating group) is 1. The number of urea groups is 1. The van der Waals surface area contributed by atoms with Gasteiger partial charge >= 0.3 is 6.03 Å². The smallest absolute Gasteiger partial charge is 0.326 e. The zero-order valence-corrected chi connectivity index (χ0v) is 15.9. The molecule has 0 aliphatic carbocycles. The van der Waals surface area contributed by atoms with Crippen molar-refractivity contribution in [2.75, 3.05) is 48.3 Å². The minimum atomic E-state index is -0.110. The highest BCUT2D eigenvalue weighted by Gasteiger charge is 2.21. The predicted octanol–water partition coefficient (Wildman–Crippen LogP) is 3.89. The van der Waals surface area contributed by atoms with Crippen molar-refractivity contribution in [3.63, 3.8) is 0 Å². The fraction of sp³-hybridized carbons (Fsp3) is 0.381. The van der Waals surface area contributed by atoms with Crippen LogP contribution in [0.15, 0.2) is 54.6 Å². The molecule has 1 aliphatic rings. The second-order valence-electron chi connectivity index (χ2n) is 7.07. The number of nitrogens with zero attached hydrogens (tertiary/aromatic N) is 3. The van der Waals surface area contributed by atoms with Gasteiger partial charge in [0.1, 0.15) is 0 Å². The van der Waals surface area contributed by atoms with E-state index in [1.54, 1.807) is 0 Å². The average molecular weight is 352 g/mol. The van der Waals surface area contributed by atoms with E-state index in [4.69, 9.17) is 0 Å². The molecule has 5 heteroatoms. The summed E-state index contributed by atoms with van der Waals surface area (Å²) in [5.41, 5.74) is 2.90. The van der Waals surface area contributed by atoms with E-state index >= 15 is 0 Å². The van der Waals surface area contributed by atoms with Gasteiger partial charge in [0.2, 0.25) is 0 Å². The van der Waals surface area contributed by atoms with Crippen molar-refractivity contribution in [3.05, 3.63) is 54.6 Å². The zero-order valence-electron chi connectivity index (χ0n) is 15.9. The Morgan fingerprint density at radius 1 is 1.00 bits per heavy atom. The lowest BCUT2D eigenvalue weighted by Crippen LogP contribution is -2.44. The SMILES string of the molecule is CC(C)N(C(=O)Nc1ccccc1)c1cccc(N2CCN(C)CC2)c1. The largest absolute Gasteiger partial charge is 0.369 e. The highest BCUT2D eigenvalue weighted by Crippen LogP contribution is 2.25. The Bertz CT molecular complexity index is 724. The van der Waals surface area contributed by atoms with Crippen LogP contribution in [-0.2, 0) is 0 Å². The van der Waals surface area contributed by atoms with Gasteiger partial charge in [0.25, 0.3) is 0 Å². The lowest BCUT2D eigenvalue weighted by molar-refractivity contribution is 0.255. The van der Waals surface area contributed by atoms with Gasteiger partial charge in [-0.1, -0.05) is 24.3 Å². The molecule has 0 aromatic heterocycles. The van der Waals surface area contributed by atoms with Gasteiger partial charge in [0.15, 0.2) is 0 Å². The molecule has 0 spiro atoms. The molecule has 0 atom stereocenters. The van der Waals surface area contributed by atoms with Crippen LogP contribution in [0, 0.1) is 0 Å². The second-order valence-corrected chi connectivity index (χ2v) is 7.07. The Labute approximate surface area is 156 Å². The molecule has 1 heterocycles. The first-order chi connectivity index (χ1) is 12.5. The summed E-state index contributed by atoms with van der Waals surface area (Å²) in [6.45, 7) is 8.22. The molecule has 1 saturated heterocycles. The summed E-state index contributed by atoms with van der Waals surface area (Å²) in [4.78, 5) is 19.4. The first-order valence-electron chi connectivity index (χ1n) is 9.23. The van der Waals surface area contributed by atoms with E-state index in [9.17, 15) is 4.79 Å². The van der Waals surface area contributed by atoms with Crippen molar-refractivity contribution in [3.8, 4) is 0 Å². The number of para-hydroxylation sites is 1. The van der Waals surface area contributed by atoms with Gasteiger partial charge in [0.05, 0.1) is 0 Å². The number of anilines is 3. The molecule has 2 amide bonds. The third-order valence-electron chi connectivity index (χ3n) is 4.74. The number of rotatable bonds is 4. The topological polar surface area (TPSA) is 38.8 Å². The molecule has 0 saturated carbocycles. The molecule has 138 valence electrons. The number of hydrogen-bond acceptors (Lipinski definition) is 3. The van der Waals surface area contributed by atoms with Crippen LogP contribution >= 0.6 is 0 Å². The fourth-order valence-electron chi connectivity index (χ4n) is 3.26. The van der Waals surface area contributed by atoms with Gasteiger partial charge < -0.3 is 15.1 Å². The number of carbonyl (C=O) groups is 1. The normalized spacial score (nSPS) is 15.2. The van der Waals surface area contributed by atoms with Crippen molar-refractivity contribution < 1.29 is 4.79 Å². The highest BCUT2D eigenvalue weighted by molar-refractivity contribution is 6.02. The Morgan fingerprint density at radius 2 is 1.69 bits per heavy atom. The standard InChI is InChI=1S/C21H28N4O/c1-17(2)25(21(26)22-18-8-5-4-6-9-18)20-11-7-10-19(16-20)24-14-12-23(3)13-15-24/h4-11,16-17H,12-15H2,1-3H3,(H,22,26). The lowest BCUT2D eigenvalue weighted by Gasteiger charge is -2.35. The summed E-state index contributed by atoms with van der Waals surface area (Å²) >= 11 is 0. The first-order valence-corrected chi connectivity index (χ1v) is 9.23. The summed E-state index contributed by atoms with van der Waals surface area (Å²) in [5, 5.41) is 2.99. The van der Waals surface area contributed by atoms with E-state index in [-0.39, 0.29) is 12.1 Å². The van der Waals surface area contributed by atoms with Crippen molar-refractivity contribution in [2.24, 2.45) is 0 Å². The summed E-state index contributed by atoms with van der Waals surface area (Å²) in [6.07, 6.45) is 0. The van der Waals surface area contributed by atoms with Crippen LogP contribution in [0.1, 0.15) is 13.8 Å². The van der Waals surface area contributed by atoms with Crippen molar-refractivity contribution in [1.29, 1.82) is 0 Å². The van der Waals surface area contributed by atoms with E-state index in [1.165, 1.54) is 5.69 Å². The molecule has 1 aliphatic heterocycles. The third-order valence-corrected chi connectivity index (χ3v) is 4.74. The molecule has 1 fully saturated rings. The van der Waals surface area contributed by atoms with Gasteiger partial charge in [-0.25, -0.2) is 4.79 Å². The third kappa shape index (κ3) is 4.35.